The molecule has 5 heteroatoms. The third kappa shape index (κ3) is 2.70. The maximum Gasteiger partial charge on any atom is 0.115 e. The lowest BCUT2D eigenvalue weighted by atomic mass is 10.2. The average molecular weight is 384 g/mol. The Kier molecular flexibility index (Phi) is 4.25. The van der Waals surface area contributed by atoms with Crippen LogP contribution in [0.3, 0.4) is 0 Å². The summed E-state index contributed by atoms with van der Waals surface area (Å²) in [5.41, 5.74) is 4.12. The van der Waals surface area contributed by atoms with Crippen LogP contribution >= 0.6 is 39.1 Å². The SMILES string of the molecule is Cc1cccc2c1nc(CCCl)n2-c1ccc(Br)cc1Cl. The van der Waals surface area contributed by atoms with E-state index in [9.17, 15) is 0 Å². The zero-order chi connectivity index (χ0) is 15.0. The van der Waals surface area contributed by atoms with E-state index in [2.05, 4.69) is 39.6 Å². The lowest BCUT2D eigenvalue weighted by Crippen LogP contribution is -2.02. The van der Waals surface area contributed by atoms with Crippen molar-refractivity contribution in [1.82, 2.24) is 9.55 Å². The smallest absolute Gasteiger partial charge is 0.115 e. The predicted octanol–water partition coefficient (Wildman–Crippen LogP) is 5.53. The zero-order valence-corrected chi connectivity index (χ0v) is 14.5. The van der Waals surface area contributed by atoms with Crippen LogP contribution in [0.25, 0.3) is 16.7 Å². The molecule has 0 spiro atoms. The molecule has 0 fully saturated rings. The van der Waals surface area contributed by atoms with E-state index in [1.54, 1.807) is 0 Å². The quantitative estimate of drug-likeness (QED) is 0.543. The van der Waals surface area contributed by atoms with Crippen molar-refractivity contribution < 1.29 is 0 Å². The lowest BCUT2D eigenvalue weighted by Gasteiger charge is -2.11. The van der Waals surface area contributed by atoms with Crippen molar-refractivity contribution in [3.63, 3.8) is 0 Å². The number of para-hydroxylation sites is 1. The second-order valence-corrected chi connectivity index (χ2v) is 6.54. The summed E-state index contributed by atoms with van der Waals surface area (Å²) >= 11 is 15.8. The second kappa shape index (κ2) is 5.99. The van der Waals surface area contributed by atoms with Gasteiger partial charge in [0.05, 0.1) is 21.7 Å². The van der Waals surface area contributed by atoms with Gasteiger partial charge in [-0.05, 0) is 36.8 Å². The first kappa shape index (κ1) is 14.9. The molecule has 1 aromatic heterocycles. The number of aryl methyl sites for hydroxylation is 2. The molecule has 2 nitrogen and oxygen atoms in total. The van der Waals surface area contributed by atoms with E-state index in [1.807, 2.05) is 24.3 Å². The molecule has 0 amide bonds. The Morgan fingerprint density at radius 1 is 1.24 bits per heavy atom. The van der Waals surface area contributed by atoms with Crippen molar-refractivity contribution in [2.75, 3.05) is 5.88 Å². The Bertz CT molecular complexity index is 811. The van der Waals surface area contributed by atoms with Crippen molar-refractivity contribution in [2.24, 2.45) is 0 Å². The summed E-state index contributed by atoms with van der Waals surface area (Å²) in [7, 11) is 0. The number of hydrogen-bond donors (Lipinski definition) is 0. The van der Waals surface area contributed by atoms with E-state index < -0.39 is 0 Å². The van der Waals surface area contributed by atoms with Crippen molar-refractivity contribution in [1.29, 1.82) is 0 Å². The molecule has 0 atom stereocenters. The molecule has 0 saturated heterocycles. The van der Waals surface area contributed by atoms with Crippen LogP contribution in [0.15, 0.2) is 40.9 Å². The summed E-state index contributed by atoms with van der Waals surface area (Å²) in [4.78, 5) is 4.75. The van der Waals surface area contributed by atoms with Crippen molar-refractivity contribution >= 4 is 50.2 Å². The molecule has 3 rings (SSSR count). The van der Waals surface area contributed by atoms with Gasteiger partial charge in [-0.2, -0.15) is 0 Å². The average Bonchev–Trinajstić information content (AvgIpc) is 2.79. The van der Waals surface area contributed by atoms with Gasteiger partial charge in [-0.1, -0.05) is 39.7 Å². The molecule has 3 aromatic rings. The number of aromatic nitrogens is 2. The monoisotopic (exact) mass is 382 g/mol. The Labute approximate surface area is 141 Å². The van der Waals surface area contributed by atoms with Crippen LogP contribution < -0.4 is 0 Å². The molecular formula is C16H13BrCl2N2. The molecular weight excluding hydrogens is 371 g/mol. The highest BCUT2D eigenvalue weighted by Crippen LogP contribution is 2.30. The predicted molar refractivity (Wildman–Crippen MR) is 92.9 cm³/mol. The first-order chi connectivity index (χ1) is 10.1. The van der Waals surface area contributed by atoms with Gasteiger partial charge in [0.1, 0.15) is 5.82 Å². The maximum atomic E-state index is 6.42. The molecule has 0 radical (unpaired) electrons. The molecule has 0 aliphatic carbocycles. The van der Waals surface area contributed by atoms with Crippen molar-refractivity contribution in [3.8, 4) is 5.69 Å². The Hall–Kier alpha value is -1.03. The minimum Gasteiger partial charge on any atom is -0.295 e. The van der Waals surface area contributed by atoms with E-state index in [4.69, 9.17) is 28.2 Å². The van der Waals surface area contributed by atoms with E-state index in [-0.39, 0.29) is 0 Å². The number of imidazole rings is 1. The summed E-state index contributed by atoms with van der Waals surface area (Å²) in [5.74, 6) is 1.45. The Morgan fingerprint density at radius 2 is 2.05 bits per heavy atom. The van der Waals surface area contributed by atoms with Gasteiger partial charge in [-0.25, -0.2) is 4.98 Å². The summed E-state index contributed by atoms with van der Waals surface area (Å²) < 4.78 is 3.05. The van der Waals surface area contributed by atoms with Crippen LogP contribution in [0.4, 0.5) is 0 Å². The van der Waals surface area contributed by atoms with Crippen LogP contribution in [-0.2, 0) is 6.42 Å². The fourth-order valence-electron chi connectivity index (χ4n) is 2.47. The Morgan fingerprint density at radius 3 is 2.76 bits per heavy atom. The highest BCUT2D eigenvalue weighted by atomic mass is 79.9. The van der Waals surface area contributed by atoms with Gasteiger partial charge in [0.25, 0.3) is 0 Å². The molecule has 0 saturated carbocycles. The first-order valence-corrected chi connectivity index (χ1v) is 8.30. The second-order valence-electron chi connectivity index (χ2n) is 4.84. The van der Waals surface area contributed by atoms with E-state index in [0.717, 1.165) is 32.6 Å². The summed E-state index contributed by atoms with van der Waals surface area (Å²) in [5, 5.41) is 0.681. The minimum absolute atomic E-state index is 0.524. The highest BCUT2D eigenvalue weighted by molar-refractivity contribution is 9.10. The fraction of sp³-hybridized carbons (Fsp3) is 0.188. The normalized spacial score (nSPS) is 11.2. The van der Waals surface area contributed by atoms with E-state index in [1.165, 1.54) is 0 Å². The third-order valence-corrected chi connectivity index (χ3v) is 4.41. The largest absolute Gasteiger partial charge is 0.295 e. The minimum atomic E-state index is 0.524. The maximum absolute atomic E-state index is 6.42. The number of hydrogen-bond acceptors (Lipinski definition) is 1. The summed E-state index contributed by atoms with van der Waals surface area (Å²) in [6, 6.07) is 12.0. The topological polar surface area (TPSA) is 17.8 Å². The number of halogens is 3. The van der Waals surface area contributed by atoms with Gasteiger partial charge in [0, 0.05) is 16.8 Å². The van der Waals surface area contributed by atoms with Crippen LogP contribution in [0.5, 0.6) is 0 Å². The van der Waals surface area contributed by atoms with Crippen LogP contribution in [0, 0.1) is 6.92 Å². The number of alkyl halides is 1. The highest BCUT2D eigenvalue weighted by Gasteiger charge is 2.15. The molecule has 1 heterocycles. The fourth-order valence-corrected chi connectivity index (χ4v) is 3.40. The van der Waals surface area contributed by atoms with Crippen molar-refractivity contribution in [2.45, 2.75) is 13.3 Å². The van der Waals surface area contributed by atoms with Crippen LogP contribution in [-0.4, -0.2) is 15.4 Å². The summed E-state index contributed by atoms with van der Waals surface area (Å²) in [6.45, 7) is 2.06. The number of rotatable bonds is 3. The molecule has 0 unspecified atom stereocenters. The Balaban J connectivity index is 2.33. The molecule has 0 N–H and O–H groups in total. The third-order valence-electron chi connectivity index (χ3n) is 3.43. The van der Waals surface area contributed by atoms with Gasteiger partial charge < -0.3 is 0 Å². The number of nitrogens with zero attached hydrogens (tertiary/aromatic N) is 2. The van der Waals surface area contributed by atoms with E-state index in [0.29, 0.717) is 17.3 Å². The molecule has 21 heavy (non-hydrogen) atoms. The molecule has 0 bridgehead atoms. The van der Waals surface area contributed by atoms with Gasteiger partial charge in [0.15, 0.2) is 0 Å². The summed E-state index contributed by atoms with van der Waals surface area (Å²) in [6.07, 6.45) is 0.696. The number of fused-ring (bicyclic) bond motifs is 1. The van der Waals surface area contributed by atoms with Crippen LogP contribution in [0.2, 0.25) is 5.02 Å². The standard InChI is InChI=1S/C16H13BrCl2N2/c1-10-3-2-4-14-16(10)20-15(7-8-18)21(14)13-6-5-11(17)9-12(13)19/h2-6,9H,7-8H2,1H3. The number of benzene rings is 2. The molecule has 2 aromatic carbocycles. The lowest BCUT2D eigenvalue weighted by molar-refractivity contribution is 0.912. The van der Waals surface area contributed by atoms with E-state index >= 15 is 0 Å². The van der Waals surface area contributed by atoms with Crippen LogP contribution in [0.1, 0.15) is 11.4 Å². The van der Waals surface area contributed by atoms with Crippen molar-refractivity contribution in [3.05, 3.63) is 57.3 Å². The molecule has 0 aliphatic heterocycles. The first-order valence-electron chi connectivity index (χ1n) is 6.60. The van der Waals surface area contributed by atoms with Gasteiger partial charge in [-0.3, -0.25) is 4.57 Å². The van der Waals surface area contributed by atoms with Gasteiger partial charge in [0.2, 0.25) is 0 Å². The van der Waals surface area contributed by atoms with Gasteiger partial charge in [-0.15, -0.1) is 11.6 Å². The molecule has 0 aliphatic rings. The zero-order valence-electron chi connectivity index (χ0n) is 11.4. The molecule has 108 valence electrons. The van der Waals surface area contributed by atoms with Gasteiger partial charge >= 0.3 is 0 Å².